The monoisotopic (exact) mass is 457 g/mol. The van der Waals surface area contributed by atoms with Crippen LogP contribution in [0.1, 0.15) is 67.1 Å². The summed E-state index contributed by atoms with van der Waals surface area (Å²) in [6.45, 7) is 2.09. The van der Waals surface area contributed by atoms with Crippen LogP contribution in [-0.2, 0) is 6.42 Å². The van der Waals surface area contributed by atoms with E-state index in [1.807, 2.05) is 0 Å². The lowest BCUT2D eigenvalue weighted by Crippen LogP contribution is -2.26. The van der Waals surface area contributed by atoms with Crippen LogP contribution in [0.25, 0.3) is 11.0 Å². The first-order chi connectivity index (χ1) is 15.8. The van der Waals surface area contributed by atoms with Crippen LogP contribution in [-0.4, -0.2) is 37.7 Å². The van der Waals surface area contributed by atoms with Gasteiger partial charge in [-0.2, -0.15) is 0 Å². The molecule has 33 heavy (non-hydrogen) atoms. The Kier molecular flexibility index (Phi) is 5.58. The number of ketones is 1. The van der Waals surface area contributed by atoms with Crippen molar-refractivity contribution in [2.24, 2.45) is 11.8 Å². The molecule has 0 spiro atoms. The van der Waals surface area contributed by atoms with Gasteiger partial charge in [-0.05, 0) is 56.9 Å². The van der Waals surface area contributed by atoms with Gasteiger partial charge in [0.05, 0.1) is 16.6 Å². The Morgan fingerprint density at radius 3 is 2.67 bits per heavy atom. The van der Waals surface area contributed by atoms with Gasteiger partial charge in [0.15, 0.2) is 5.78 Å². The summed E-state index contributed by atoms with van der Waals surface area (Å²) in [6.07, 6.45) is 7.34. The highest BCUT2D eigenvalue weighted by Gasteiger charge is 2.35. The fourth-order valence-electron chi connectivity index (χ4n) is 4.65. The van der Waals surface area contributed by atoms with Crippen molar-refractivity contribution in [1.29, 1.82) is 0 Å². The smallest absolute Gasteiger partial charge is 0.248 e. The van der Waals surface area contributed by atoms with Crippen molar-refractivity contribution in [3.8, 4) is 0 Å². The maximum absolute atomic E-state index is 14.8. The van der Waals surface area contributed by atoms with E-state index in [1.54, 1.807) is 6.20 Å². The van der Waals surface area contributed by atoms with E-state index >= 15 is 0 Å². The number of aromatic nitrogens is 4. The molecule has 0 aromatic carbocycles. The lowest BCUT2D eigenvalue weighted by atomic mass is 9.84. The molecular weight excluding hydrogens is 431 g/mol. The van der Waals surface area contributed by atoms with Gasteiger partial charge < -0.3 is 10.3 Å². The molecule has 6 nitrogen and oxygen atoms in total. The Balaban J connectivity index is 1.37. The summed E-state index contributed by atoms with van der Waals surface area (Å²) in [5.74, 6) is -2.45. The second-order valence-electron chi connectivity index (χ2n) is 9.40. The van der Waals surface area contributed by atoms with E-state index in [0.29, 0.717) is 47.6 Å². The quantitative estimate of drug-likeness (QED) is 0.471. The fourth-order valence-corrected chi connectivity index (χ4v) is 4.65. The van der Waals surface area contributed by atoms with Crippen molar-refractivity contribution in [2.75, 3.05) is 5.32 Å². The molecular formula is C24H26F3N5O. The third-order valence-electron chi connectivity index (χ3n) is 6.91. The molecule has 2 N–H and O–H groups in total. The first kappa shape index (κ1) is 21.9. The van der Waals surface area contributed by atoms with Gasteiger partial charge in [-0.3, -0.25) is 9.78 Å². The van der Waals surface area contributed by atoms with E-state index in [1.165, 1.54) is 31.4 Å². The summed E-state index contributed by atoms with van der Waals surface area (Å²) in [4.78, 5) is 29.0. The van der Waals surface area contributed by atoms with Crippen LogP contribution >= 0.6 is 0 Å². The molecule has 0 unspecified atom stereocenters. The molecule has 9 heteroatoms. The van der Waals surface area contributed by atoms with Crippen molar-refractivity contribution in [1.82, 2.24) is 19.9 Å². The number of hydrogen-bond acceptors (Lipinski definition) is 5. The molecule has 2 saturated carbocycles. The fraction of sp³-hybridized carbons (Fsp3) is 0.500. The van der Waals surface area contributed by atoms with Gasteiger partial charge in [0.1, 0.15) is 23.6 Å². The third-order valence-corrected chi connectivity index (χ3v) is 6.91. The second-order valence-corrected chi connectivity index (χ2v) is 9.40. The van der Waals surface area contributed by atoms with Crippen LogP contribution in [0.3, 0.4) is 0 Å². The molecule has 2 aliphatic rings. The number of nitrogens with one attached hydrogen (secondary N) is 2. The van der Waals surface area contributed by atoms with Crippen molar-refractivity contribution >= 4 is 22.6 Å². The summed E-state index contributed by atoms with van der Waals surface area (Å²) in [5, 5.41) is 3.96. The number of H-pyrrole nitrogens is 1. The van der Waals surface area contributed by atoms with Crippen LogP contribution in [0.2, 0.25) is 0 Å². The lowest BCUT2D eigenvalue weighted by molar-refractivity contribution is -0.0457. The number of carbonyl (C=O) groups is 1. The number of anilines is 1. The van der Waals surface area contributed by atoms with Gasteiger partial charge in [0.2, 0.25) is 5.92 Å². The molecule has 5 rings (SSSR count). The number of fused-ring (bicyclic) bond motifs is 1. The highest BCUT2D eigenvalue weighted by molar-refractivity contribution is 6.17. The van der Waals surface area contributed by atoms with Crippen LogP contribution in [0.5, 0.6) is 0 Å². The molecule has 0 aliphatic heterocycles. The zero-order valence-corrected chi connectivity index (χ0v) is 18.4. The zero-order chi connectivity index (χ0) is 23.2. The standard InChI is InChI=1S/C24H26F3N5O/c1-13(15-2-3-15)32-23-20-17(11-29-22(20)30-12-31-23)21(33)16-9-18(25)19(28-10-16)8-14-4-6-24(26,27)7-5-14/h9-15H,2-8H2,1H3,(H2,29,30,31,32)/t13-/m1/s1. The van der Waals surface area contributed by atoms with Gasteiger partial charge >= 0.3 is 0 Å². The average Bonchev–Trinajstić information content (AvgIpc) is 3.55. The molecule has 3 heterocycles. The molecule has 0 amide bonds. The predicted molar refractivity (Wildman–Crippen MR) is 118 cm³/mol. The first-order valence-electron chi connectivity index (χ1n) is 11.5. The van der Waals surface area contributed by atoms with E-state index in [-0.39, 0.29) is 41.8 Å². The number of nitrogens with zero attached hydrogens (tertiary/aromatic N) is 3. The summed E-state index contributed by atoms with van der Waals surface area (Å²) in [5.41, 5.74) is 1.21. The van der Waals surface area contributed by atoms with Crippen molar-refractivity contribution in [3.63, 3.8) is 0 Å². The molecule has 3 aromatic rings. The number of halogens is 3. The number of carbonyl (C=O) groups excluding carboxylic acids is 1. The third kappa shape index (κ3) is 4.58. The van der Waals surface area contributed by atoms with E-state index in [9.17, 15) is 18.0 Å². The van der Waals surface area contributed by atoms with Gasteiger partial charge in [-0.15, -0.1) is 0 Å². The Hall–Kier alpha value is -2.97. The minimum Gasteiger partial charge on any atom is -0.367 e. The van der Waals surface area contributed by atoms with Crippen molar-refractivity contribution in [2.45, 2.75) is 63.8 Å². The van der Waals surface area contributed by atoms with Gasteiger partial charge in [-0.25, -0.2) is 23.1 Å². The molecule has 0 saturated heterocycles. The van der Waals surface area contributed by atoms with Crippen LogP contribution in [0.4, 0.5) is 19.0 Å². The SMILES string of the molecule is C[C@@H](Nc1ncnc2[nH]cc(C(=O)c3cnc(CC4CCC(F)(F)CC4)c(F)c3)c12)C1CC1. The van der Waals surface area contributed by atoms with Crippen LogP contribution in [0.15, 0.2) is 24.8 Å². The number of hydrogen-bond donors (Lipinski definition) is 2. The molecule has 0 bridgehead atoms. The van der Waals surface area contributed by atoms with Crippen LogP contribution < -0.4 is 5.32 Å². The number of pyridine rings is 1. The van der Waals surface area contributed by atoms with Crippen molar-refractivity contribution < 1.29 is 18.0 Å². The Morgan fingerprint density at radius 2 is 1.97 bits per heavy atom. The average molecular weight is 458 g/mol. The van der Waals surface area contributed by atoms with E-state index in [0.717, 1.165) is 0 Å². The van der Waals surface area contributed by atoms with Crippen molar-refractivity contribution in [3.05, 3.63) is 47.4 Å². The Bertz CT molecular complexity index is 1180. The second kappa shape index (κ2) is 8.43. The van der Waals surface area contributed by atoms with E-state index in [4.69, 9.17) is 0 Å². The summed E-state index contributed by atoms with van der Waals surface area (Å²) in [6, 6.07) is 1.41. The number of rotatable bonds is 7. The molecule has 2 fully saturated rings. The van der Waals surface area contributed by atoms with E-state index < -0.39 is 11.7 Å². The first-order valence-corrected chi connectivity index (χ1v) is 11.5. The molecule has 3 aromatic heterocycles. The maximum Gasteiger partial charge on any atom is 0.248 e. The molecule has 2 aliphatic carbocycles. The molecule has 1 atom stereocenters. The van der Waals surface area contributed by atoms with Crippen LogP contribution in [0, 0.1) is 17.7 Å². The highest BCUT2D eigenvalue weighted by Crippen LogP contribution is 2.38. The Morgan fingerprint density at radius 1 is 1.21 bits per heavy atom. The van der Waals surface area contributed by atoms with Gasteiger partial charge in [0.25, 0.3) is 0 Å². The molecule has 174 valence electrons. The minimum absolute atomic E-state index is 0.0268. The lowest BCUT2D eigenvalue weighted by Gasteiger charge is -2.28. The number of alkyl halides is 2. The maximum atomic E-state index is 14.8. The summed E-state index contributed by atoms with van der Waals surface area (Å²) < 4.78 is 41.6. The molecule has 0 radical (unpaired) electrons. The van der Waals surface area contributed by atoms with E-state index in [2.05, 4.69) is 32.2 Å². The number of aromatic amines is 1. The minimum atomic E-state index is -2.62. The highest BCUT2D eigenvalue weighted by atomic mass is 19.3. The van der Waals surface area contributed by atoms with Gasteiger partial charge in [-0.1, -0.05) is 0 Å². The largest absolute Gasteiger partial charge is 0.367 e. The summed E-state index contributed by atoms with van der Waals surface area (Å²) in [7, 11) is 0. The summed E-state index contributed by atoms with van der Waals surface area (Å²) >= 11 is 0. The topological polar surface area (TPSA) is 83.6 Å². The predicted octanol–water partition coefficient (Wildman–Crippen LogP) is 5.30. The van der Waals surface area contributed by atoms with Gasteiger partial charge in [0, 0.05) is 36.8 Å². The zero-order valence-electron chi connectivity index (χ0n) is 18.4. The normalized spacial score (nSPS) is 19.5. The Labute approximate surface area is 189 Å².